The van der Waals surface area contributed by atoms with Gasteiger partial charge >= 0.3 is 5.97 Å². The predicted octanol–water partition coefficient (Wildman–Crippen LogP) is 6.13. The molecule has 0 fully saturated rings. The second-order valence-corrected chi connectivity index (χ2v) is 7.56. The molecule has 0 saturated heterocycles. The number of halogens is 2. The molecule has 1 N–H and O–H groups in total. The third kappa shape index (κ3) is 4.64. The van der Waals surface area contributed by atoms with Crippen molar-refractivity contribution in [2.75, 3.05) is 0 Å². The summed E-state index contributed by atoms with van der Waals surface area (Å²) in [5.41, 5.74) is 3.54. The first kappa shape index (κ1) is 21.6. The zero-order chi connectivity index (χ0) is 22.5. The Morgan fingerprint density at radius 2 is 1.41 bits per heavy atom. The van der Waals surface area contributed by atoms with Crippen LogP contribution >= 0.6 is 23.2 Å². The summed E-state index contributed by atoms with van der Waals surface area (Å²) in [6.45, 7) is 0. The molecule has 0 aliphatic rings. The molecule has 0 aliphatic carbocycles. The minimum Gasteiger partial charge on any atom is -0.422 e. The Kier molecular flexibility index (Phi) is 6.50. The number of benzene rings is 4. The average Bonchev–Trinajstić information content (AvgIpc) is 2.80. The lowest BCUT2D eigenvalue weighted by Gasteiger charge is -2.11. The van der Waals surface area contributed by atoms with E-state index in [9.17, 15) is 9.59 Å². The fourth-order valence-corrected chi connectivity index (χ4v) is 3.57. The molecule has 0 atom stereocenters. The lowest BCUT2D eigenvalue weighted by molar-refractivity contribution is 0.0734. The molecular weight excluding hydrogens is 447 g/mol. The van der Waals surface area contributed by atoms with Crippen LogP contribution in [-0.4, -0.2) is 18.1 Å². The number of amides is 1. The maximum Gasteiger partial charge on any atom is 0.345 e. The molecule has 0 aliphatic heterocycles. The van der Waals surface area contributed by atoms with Gasteiger partial charge in [-0.05, 0) is 41.1 Å². The van der Waals surface area contributed by atoms with Crippen molar-refractivity contribution in [1.29, 1.82) is 0 Å². The summed E-state index contributed by atoms with van der Waals surface area (Å²) in [4.78, 5) is 25.1. The van der Waals surface area contributed by atoms with E-state index in [4.69, 9.17) is 27.9 Å². The van der Waals surface area contributed by atoms with E-state index in [0.717, 1.165) is 10.8 Å². The van der Waals surface area contributed by atoms with Gasteiger partial charge in [0.1, 0.15) is 5.75 Å². The third-order valence-electron chi connectivity index (χ3n) is 4.71. The quantitative estimate of drug-likeness (QED) is 0.168. The number of nitrogens with zero attached hydrogens (tertiary/aromatic N) is 1. The van der Waals surface area contributed by atoms with E-state index >= 15 is 0 Å². The number of hydrogen-bond donors (Lipinski definition) is 1. The highest BCUT2D eigenvalue weighted by Crippen LogP contribution is 2.28. The van der Waals surface area contributed by atoms with Gasteiger partial charge in [0.05, 0.1) is 27.4 Å². The Bertz CT molecular complexity index is 1350. The zero-order valence-electron chi connectivity index (χ0n) is 16.6. The van der Waals surface area contributed by atoms with Crippen LogP contribution in [0.4, 0.5) is 0 Å². The SMILES string of the molecule is O=C(N/N=C/c1c(OC(=O)c2ccccc2Cl)ccc2ccccc12)c1ccccc1Cl. The van der Waals surface area contributed by atoms with Crippen molar-refractivity contribution in [3.63, 3.8) is 0 Å². The monoisotopic (exact) mass is 462 g/mol. The van der Waals surface area contributed by atoms with Crippen molar-refractivity contribution in [1.82, 2.24) is 5.43 Å². The van der Waals surface area contributed by atoms with Gasteiger partial charge in [0, 0.05) is 5.56 Å². The van der Waals surface area contributed by atoms with Crippen LogP contribution in [-0.2, 0) is 0 Å². The Morgan fingerprint density at radius 3 is 2.12 bits per heavy atom. The van der Waals surface area contributed by atoms with Gasteiger partial charge in [-0.3, -0.25) is 4.79 Å². The van der Waals surface area contributed by atoms with Gasteiger partial charge in [-0.2, -0.15) is 5.10 Å². The minimum atomic E-state index is -0.597. The highest BCUT2D eigenvalue weighted by Gasteiger charge is 2.16. The minimum absolute atomic E-state index is 0.247. The average molecular weight is 463 g/mol. The molecule has 4 aromatic carbocycles. The largest absolute Gasteiger partial charge is 0.422 e. The standard InChI is InChI=1S/C25H16Cl2N2O3/c26-21-11-5-3-9-18(21)24(30)29-28-15-20-17-8-2-1-7-16(17)13-14-23(20)32-25(31)19-10-4-6-12-22(19)27/h1-15H,(H,29,30)/b28-15+. The molecule has 0 bridgehead atoms. The summed E-state index contributed by atoms with van der Waals surface area (Å²) < 4.78 is 5.63. The number of hydrogen-bond acceptors (Lipinski definition) is 4. The molecule has 4 aromatic rings. The van der Waals surface area contributed by atoms with Gasteiger partial charge in [-0.15, -0.1) is 0 Å². The van der Waals surface area contributed by atoms with Crippen LogP contribution in [0.15, 0.2) is 90.0 Å². The highest BCUT2D eigenvalue weighted by molar-refractivity contribution is 6.34. The van der Waals surface area contributed by atoms with Gasteiger partial charge in [0.2, 0.25) is 0 Å². The van der Waals surface area contributed by atoms with E-state index in [1.807, 2.05) is 30.3 Å². The molecule has 0 spiro atoms. The number of fused-ring (bicyclic) bond motifs is 1. The number of hydrazone groups is 1. The molecule has 1 amide bonds. The van der Waals surface area contributed by atoms with E-state index in [0.29, 0.717) is 21.2 Å². The van der Waals surface area contributed by atoms with Gasteiger partial charge in [0.25, 0.3) is 5.91 Å². The number of ether oxygens (including phenoxy) is 1. The molecule has 32 heavy (non-hydrogen) atoms. The second-order valence-electron chi connectivity index (χ2n) is 6.75. The summed E-state index contributed by atoms with van der Waals surface area (Å²) in [5.74, 6) is -0.772. The zero-order valence-corrected chi connectivity index (χ0v) is 18.1. The first-order valence-corrected chi connectivity index (χ1v) is 10.4. The fourth-order valence-electron chi connectivity index (χ4n) is 3.14. The summed E-state index contributed by atoms with van der Waals surface area (Å²) in [6.07, 6.45) is 1.44. The Hall–Kier alpha value is -3.67. The Balaban J connectivity index is 1.65. The number of carbonyl (C=O) groups excluding carboxylic acids is 2. The number of nitrogens with one attached hydrogen (secondary N) is 1. The Labute approximate surface area is 194 Å². The fraction of sp³-hybridized carbons (Fsp3) is 0. The van der Waals surface area contributed by atoms with Gasteiger partial charge in [-0.1, -0.05) is 77.8 Å². The lowest BCUT2D eigenvalue weighted by atomic mass is 10.0. The van der Waals surface area contributed by atoms with Crippen LogP contribution in [0, 0.1) is 0 Å². The molecule has 4 rings (SSSR count). The van der Waals surface area contributed by atoms with Crippen LogP contribution in [0.5, 0.6) is 5.75 Å². The maximum atomic E-state index is 12.7. The van der Waals surface area contributed by atoms with Crippen LogP contribution in [0.25, 0.3) is 10.8 Å². The van der Waals surface area contributed by atoms with Crippen molar-refractivity contribution in [2.24, 2.45) is 5.10 Å². The van der Waals surface area contributed by atoms with Crippen molar-refractivity contribution in [2.45, 2.75) is 0 Å². The normalized spacial score (nSPS) is 10.9. The molecule has 0 saturated carbocycles. The molecule has 0 aromatic heterocycles. The van der Waals surface area contributed by atoms with E-state index in [2.05, 4.69) is 10.5 Å². The molecule has 0 radical (unpaired) electrons. The van der Waals surface area contributed by atoms with Gasteiger partial charge < -0.3 is 4.74 Å². The molecular formula is C25H16Cl2N2O3. The van der Waals surface area contributed by atoms with Crippen molar-refractivity contribution in [3.8, 4) is 5.75 Å². The van der Waals surface area contributed by atoms with E-state index < -0.39 is 11.9 Å². The predicted molar refractivity (Wildman–Crippen MR) is 127 cm³/mol. The molecule has 7 heteroatoms. The smallest absolute Gasteiger partial charge is 0.345 e. The topological polar surface area (TPSA) is 67.8 Å². The summed E-state index contributed by atoms with van der Waals surface area (Å²) in [7, 11) is 0. The van der Waals surface area contributed by atoms with Crippen LogP contribution < -0.4 is 10.2 Å². The lowest BCUT2D eigenvalue weighted by Crippen LogP contribution is -2.18. The van der Waals surface area contributed by atoms with Gasteiger partial charge in [-0.25, -0.2) is 10.2 Å². The summed E-state index contributed by atoms with van der Waals surface area (Å²) >= 11 is 12.2. The van der Waals surface area contributed by atoms with E-state index in [-0.39, 0.29) is 11.3 Å². The molecule has 158 valence electrons. The third-order valence-corrected chi connectivity index (χ3v) is 5.36. The number of esters is 1. The van der Waals surface area contributed by atoms with Crippen molar-refractivity contribution >= 4 is 52.1 Å². The van der Waals surface area contributed by atoms with E-state index in [1.54, 1.807) is 54.6 Å². The van der Waals surface area contributed by atoms with Crippen molar-refractivity contribution < 1.29 is 14.3 Å². The second kappa shape index (κ2) is 9.64. The molecule has 0 unspecified atom stereocenters. The summed E-state index contributed by atoms with van der Waals surface area (Å²) in [6, 6.07) is 24.4. The van der Waals surface area contributed by atoms with Crippen LogP contribution in [0.1, 0.15) is 26.3 Å². The van der Waals surface area contributed by atoms with Crippen LogP contribution in [0.2, 0.25) is 10.0 Å². The van der Waals surface area contributed by atoms with Gasteiger partial charge in [0.15, 0.2) is 0 Å². The number of carbonyl (C=O) groups is 2. The van der Waals surface area contributed by atoms with E-state index in [1.165, 1.54) is 6.21 Å². The van der Waals surface area contributed by atoms with Crippen molar-refractivity contribution in [3.05, 3.63) is 112 Å². The molecule has 5 nitrogen and oxygen atoms in total. The maximum absolute atomic E-state index is 12.7. The molecule has 0 heterocycles. The first-order chi connectivity index (χ1) is 15.5. The highest BCUT2D eigenvalue weighted by atomic mass is 35.5. The van der Waals surface area contributed by atoms with Crippen LogP contribution in [0.3, 0.4) is 0 Å². The summed E-state index contributed by atoms with van der Waals surface area (Å²) in [5, 5.41) is 6.40. The number of rotatable bonds is 5. The first-order valence-electron chi connectivity index (χ1n) is 9.61. The Morgan fingerprint density at radius 1 is 0.781 bits per heavy atom.